The van der Waals surface area contributed by atoms with E-state index in [0.29, 0.717) is 21.1 Å². The first-order valence-electron chi connectivity index (χ1n) is 9.60. The zero-order valence-electron chi connectivity index (χ0n) is 16.4. The smallest absolute Gasteiger partial charge is 0.237 e. The minimum absolute atomic E-state index is 0.0510. The van der Waals surface area contributed by atoms with Gasteiger partial charge in [-0.05, 0) is 42.5 Å². The van der Waals surface area contributed by atoms with Gasteiger partial charge in [0.05, 0.1) is 37.9 Å². The Balaban J connectivity index is 1.73. The zero-order chi connectivity index (χ0) is 20.6. The molecule has 0 saturated heterocycles. The van der Waals surface area contributed by atoms with Crippen molar-refractivity contribution in [1.29, 1.82) is 0 Å². The second-order valence-electron chi connectivity index (χ2n) is 8.73. The van der Waals surface area contributed by atoms with Gasteiger partial charge < -0.3 is 5.32 Å². The molecule has 0 radical (unpaired) electrons. The number of hydrogen-bond donors (Lipinski definition) is 1. The van der Waals surface area contributed by atoms with Crippen LogP contribution in [0, 0.1) is 5.41 Å². The van der Waals surface area contributed by atoms with E-state index in [1.807, 2.05) is 0 Å². The van der Waals surface area contributed by atoms with Gasteiger partial charge in [-0.3, -0.25) is 9.78 Å². The number of hydrogen-bond acceptors (Lipinski definition) is 4. The Kier molecular flexibility index (Phi) is 3.81. The molecular formula is C22H20Cl2N4O. The second kappa shape index (κ2) is 5.89. The van der Waals surface area contributed by atoms with Crippen LogP contribution in [-0.2, 0) is 15.6 Å². The molecule has 1 fully saturated rings. The molecule has 2 unspecified atom stereocenters. The number of anilines is 1. The maximum Gasteiger partial charge on any atom is 0.237 e. The molecule has 5 rings (SSSR count). The van der Waals surface area contributed by atoms with E-state index < -0.39 is 5.41 Å². The number of halogens is 2. The maximum atomic E-state index is 13.7. The van der Waals surface area contributed by atoms with Gasteiger partial charge in [-0.2, -0.15) is 0 Å². The lowest BCUT2D eigenvalue weighted by Crippen LogP contribution is -2.48. The molecule has 148 valence electrons. The summed E-state index contributed by atoms with van der Waals surface area (Å²) in [5.74, 6) is -0.0510. The van der Waals surface area contributed by atoms with Crippen LogP contribution in [0.25, 0.3) is 11.0 Å². The Morgan fingerprint density at radius 2 is 1.55 bits per heavy atom. The largest absolute Gasteiger partial charge is 0.325 e. The average molecular weight is 427 g/mol. The van der Waals surface area contributed by atoms with E-state index in [-0.39, 0.29) is 16.7 Å². The predicted octanol–water partition coefficient (Wildman–Crippen LogP) is 5.30. The number of rotatable bonds is 2. The van der Waals surface area contributed by atoms with Gasteiger partial charge in [-0.15, -0.1) is 0 Å². The van der Waals surface area contributed by atoms with Gasteiger partial charge in [0, 0.05) is 23.5 Å². The summed E-state index contributed by atoms with van der Waals surface area (Å²) in [5.41, 5.74) is 2.34. The van der Waals surface area contributed by atoms with Crippen LogP contribution in [0.4, 0.5) is 5.69 Å². The molecule has 2 aliphatic rings. The number of nitrogens with zero attached hydrogens (tertiary/aromatic N) is 3. The van der Waals surface area contributed by atoms with Crippen LogP contribution in [-0.4, -0.2) is 20.9 Å². The van der Waals surface area contributed by atoms with Crippen LogP contribution in [0.3, 0.4) is 0 Å². The van der Waals surface area contributed by atoms with Crippen molar-refractivity contribution in [3.8, 4) is 0 Å². The number of aromatic nitrogens is 3. The highest BCUT2D eigenvalue weighted by Crippen LogP contribution is 2.70. The van der Waals surface area contributed by atoms with Crippen molar-refractivity contribution in [2.75, 3.05) is 5.32 Å². The molecule has 3 aromatic rings. The molecule has 2 aromatic heterocycles. The highest BCUT2D eigenvalue weighted by atomic mass is 35.5. The van der Waals surface area contributed by atoms with Crippen LogP contribution in [0.5, 0.6) is 0 Å². The summed E-state index contributed by atoms with van der Waals surface area (Å²) in [4.78, 5) is 27.6. The quantitative estimate of drug-likeness (QED) is 0.603. The summed E-state index contributed by atoms with van der Waals surface area (Å²) >= 11 is 12.4. The van der Waals surface area contributed by atoms with Crippen LogP contribution in [0.15, 0.2) is 36.7 Å². The first-order valence-corrected chi connectivity index (χ1v) is 10.4. The maximum absolute atomic E-state index is 13.7. The van der Waals surface area contributed by atoms with E-state index in [1.54, 1.807) is 36.7 Å². The highest BCUT2D eigenvalue weighted by molar-refractivity contribution is 6.42. The van der Waals surface area contributed by atoms with Gasteiger partial charge in [-0.25, -0.2) is 9.97 Å². The molecule has 1 saturated carbocycles. The number of benzene rings is 1. The molecule has 0 aliphatic heterocycles. The predicted molar refractivity (Wildman–Crippen MR) is 114 cm³/mol. The van der Waals surface area contributed by atoms with Crippen molar-refractivity contribution < 1.29 is 4.79 Å². The SMILES string of the molecule is CC12CCC(C(=O)Nc3ccncc3)(c3nc4cc(Cl)c(Cl)cc4nc31)C2(C)C. The Hall–Kier alpha value is -2.24. The molecule has 2 bridgehead atoms. The number of fused-ring (bicyclic) bond motifs is 6. The summed E-state index contributed by atoms with van der Waals surface area (Å²) in [6.07, 6.45) is 4.93. The average Bonchev–Trinajstić information content (AvgIpc) is 2.98. The fraction of sp³-hybridized carbons (Fsp3) is 0.364. The summed E-state index contributed by atoms with van der Waals surface area (Å²) in [6, 6.07) is 7.06. The summed E-state index contributed by atoms with van der Waals surface area (Å²) in [5, 5.41) is 3.97. The Bertz CT molecular complexity index is 1180. The first kappa shape index (κ1) is 18.8. The first-order chi connectivity index (χ1) is 13.7. The van der Waals surface area contributed by atoms with Crippen molar-refractivity contribution in [2.24, 2.45) is 5.41 Å². The van der Waals surface area contributed by atoms with Gasteiger partial charge in [0.15, 0.2) is 0 Å². The van der Waals surface area contributed by atoms with E-state index in [1.165, 1.54) is 0 Å². The number of carbonyl (C=O) groups is 1. The molecule has 2 aliphatic carbocycles. The van der Waals surface area contributed by atoms with Gasteiger partial charge in [0.1, 0.15) is 0 Å². The second-order valence-corrected chi connectivity index (χ2v) is 9.54. The summed E-state index contributed by atoms with van der Waals surface area (Å²) < 4.78 is 0. The van der Waals surface area contributed by atoms with Crippen molar-refractivity contribution in [3.05, 3.63) is 58.1 Å². The number of amides is 1. The van der Waals surface area contributed by atoms with E-state index in [4.69, 9.17) is 33.2 Å². The lowest BCUT2D eigenvalue weighted by atomic mass is 9.63. The van der Waals surface area contributed by atoms with Crippen LogP contribution in [0.1, 0.15) is 45.0 Å². The lowest BCUT2D eigenvalue weighted by Gasteiger charge is -2.39. The third-order valence-electron chi connectivity index (χ3n) is 7.41. The third kappa shape index (κ3) is 2.23. The molecule has 2 heterocycles. The monoisotopic (exact) mass is 426 g/mol. The molecular weight excluding hydrogens is 407 g/mol. The number of nitrogens with one attached hydrogen (secondary N) is 1. The molecule has 29 heavy (non-hydrogen) atoms. The topological polar surface area (TPSA) is 67.8 Å². The zero-order valence-corrected chi connectivity index (χ0v) is 17.9. The standard InChI is InChI=1S/C22H20Cl2N4O/c1-20(2)21(3)6-7-22(20,19(29)26-12-4-8-25-9-5-12)18-17(21)27-15-10-13(23)14(24)11-16(15)28-18/h4-5,8-11H,6-7H2,1-3H3,(H,25,26,29). The Morgan fingerprint density at radius 3 is 2.17 bits per heavy atom. The van der Waals surface area contributed by atoms with Crippen molar-refractivity contribution in [1.82, 2.24) is 15.0 Å². The molecule has 7 heteroatoms. The van der Waals surface area contributed by atoms with Crippen molar-refractivity contribution >= 4 is 45.8 Å². The third-order valence-corrected chi connectivity index (χ3v) is 8.13. The van der Waals surface area contributed by atoms with Crippen LogP contribution < -0.4 is 5.32 Å². The van der Waals surface area contributed by atoms with Gasteiger partial charge in [0.2, 0.25) is 5.91 Å². The minimum Gasteiger partial charge on any atom is -0.325 e. The van der Waals surface area contributed by atoms with Crippen molar-refractivity contribution in [2.45, 2.75) is 44.4 Å². The molecule has 0 spiro atoms. The van der Waals surface area contributed by atoms with E-state index in [9.17, 15) is 4.79 Å². The summed E-state index contributed by atoms with van der Waals surface area (Å²) in [7, 11) is 0. The number of pyridine rings is 1. The highest BCUT2D eigenvalue weighted by Gasteiger charge is 2.73. The molecule has 2 atom stereocenters. The summed E-state index contributed by atoms with van der Waals surface area (Å²) in [6.45, 7) is 6.50. The van der Waals surface area contributed by atoms with Crippen LogP contribution in [0.2, 0.25) is 10.0 Å². The van der Waals surface area contributed by atoms with E-state index in [0.717, 1.165) is 29.9 Å². The molecule has 5 nitrogen and oxygen atoms in total. The fourth-order valence-electron chi connectivity index (χ4n) is 5.27. The molecule has 1 aromatic carbocycles. The Morgan fingerprint density at radius 1 is 0.966 bits per heavy atom. The van der Waals surface area contributed by atoms with Crippen LogP contribution >= 0.6 is 23.2 Å². The Labute approximate surface area is 178 Å². The normalized spacial score (nSPS) is 26.5. The molecule has 1 amide bonds. The van der Waals surface area contributed by atoms with E-state index in [2.05, 4.69) is 31.1 Å². The lowest BCUT2D eigenvalue weighted by molar-refractivity contribution is -0.125. The minimum atomic E-state index is -0.770. The number of carbonyl (C=O) groups excluding carboxylic acids is 1. The van der Waals surface area contributed by atoms with Gasteiger partial charge in [-0.1, -0.05) is 44.0 Å². The fourth-order valence-corrected chi connectivity index (χ4v) is 5.59. The molecule has 1 N–H and O–H groups in total. The van der Waals surface area contributed by atoms with Gasteiger partial charge >= 0.3 is 0 Å². The van der Waals surface area contributed by atoms with Gasteiger partial charge in [0.25, 0.3) is 0 Å². The van der Waals surface area contributed by atoms with Crippen molar-refractivity contribution in [3.63, 3.8) is 0 Å². The van der Waals surface area contributed by atoms with E-state index >= 15 is 0 Å².